The maximum atomic E-state index is 6.41. The number of halogens is 1. The van der Waals surface area contributed by atoms with Gasteiger partial charge in [-0.25, -0.2) is 19.9 Å². The third-order valence-corrected chi connectivity index (χ3v) is 4.34. The summed E-state index contributed by atoms with van der Waals surface area (Å²) in [6.45, 7) is 4.05. The van der Waals surface area contributed by atoms with E-state index in [-0.39, 0.29) is 6.04 Å². The van der Waals surface area contributed by atoms with E-state index in [0.29, 0.717) is 16.6 Å². The summed E-state index contributed by atoms with van der Waals surface area (Å²) in [5.41, 5.74) is 3.36. The Morgan fingerprint density at radius 3 is 2.96 bits per heavy atom. The monoisotopic (exact) mass is 338 g/mol. The summed E-state index contributed by atoms with van der Waals surface area (Å²) in [5.74, 6) is 0.687. The number of aromatic nitrogens is 5. The standard InChI is InChI=1S/C17H15ClN6/c1-9-4-3-5-11-6-12(24-15(18)13(9)11)10(2)23-17-14-16(20-7-19-14)21-8-22-17/h3-8,10H,1-2H3,(H2,19,20,21,22,23). The lowest BCUT2D eigenvalue weighted by Crippen LogP contribution is -2.10. The van der Waals surface area contributed by atoms with Crippen LogP contribution in [-0.4, -0.2) is 24.9 Å². The van der Waals surface area contributed by atoms with Crippen LogP contribution in [-0.2, 0) is 0 Å². The summed E-state index contributed by atoms with van der Waals surface area (Å²) in [6, 6.07) is 8.08. The van der Waals surface area contributed by atoms with Crippen molar-refractivity contribution in [3.63, 3.8) is 0 Å². The van der Waals surface area contributed by atoms with Crippen LogP contribution in [0.2, 0.25) is 5.15 Å². The van der Waals surface area contributed by atoms with Gasteiger partial charge in [-0.2, -0.15) is 0 Å². The number of rotatable bonds is 3. The van der Waals surface area contributed by atoms with Crippen molar-refractivity contribution in [2.24, 2.45) is 0 Å². The number of hydrogen-bond acceptors (Lipinski definition) is 5. The Labute approximate surface area is 143 Å². The van der Waals surface area contributed by atoms with E-state index in [4.69, 9.17) is 11.6 Å². The van der Waals surface area contributed by atoms with E-state index < -0.39 is 0 Å². The Morgan fingerprint density at radius 2 is 2.08 bits per heavy atom. The van der Waals surface area contributed by atoms with Gasteiger partial charge in [0.1, 0.15) is 17.0 Å². The Hall–Kier alpha value is -2.73. The zero-order chi connectivity index (χ0) is 16.7. The number of fused-ring (bicyclic) bond motifs is 2. The molecule has 0 fully saturated rings. The lowest BCUT2D eigenvalue weighted by molar-refractivity contribution is 0.836. The van der Waals surface area contributed by atoms with Gasteiger partial charge < -0.3 is 10.3 Å². The van der Waals surface area contributed by atoms with Crippen LogP contribution in [0.5, 0.6) is 0 Å². The van der Waals surface area contributed by atoms with Gasteiger partial charge in [0.15, 0.2) is 11.5 Å². The van der Waals surface area contributed by atoms with Gasteiger partial charge in [0.2, 0.25) is 0 Å². The second kappa shape index (κ2) is 5.72. The van der Waals surface area contributed by atoms with Crippen LogP contribution in [0.3, 0.4) is 0 Å². The van der Waals surface area contributed by atoms with Crippen molar-refractivity contribution < 1.29 is 0 Å². The molecule has 120 valence electrons. The van der Waals surface area contributed by atoms with Gasteiger partial charge in [-0.1, -0.05) is 29.8 Å². The topological polar surface area (TPSA) is 79.4 Å². The fraction of sp³-hybridized carbons (Fsp3) is 0.176. The Balaban J connectivity index is 1.73. The molecule has 7 heteroatoms. The average Bonchev–Trinajstić information content (AvgIpc) is 3.04. The molecule has 0 saturated heterocycles. The molecule has 24 heavy (non-hydrogen) atoms. The molecule has 1 aromatic carbocycles. The first-order valence-corrected chi connectivity index (χ1v) is 7.97. The highest BCUT2D eigenvalue weighted by molar-refractivity contribution is 6.34. The summed E-state index contributed by atoms with van der Waals surface area (Å²) < 4.78 is 0. The molecule has 0 saturated carbocycles. The molecule has 4 rings (SSSR count). The zero-order valence-electron chi connectivity index (χ0n) is 13.2. The van der Waals surface area contributed by atoms with E-state index in [0.717, 1.165) is 27.5 Å². The predicted molar refractivity (Wildman–Crippen MR) is 95.2 cm³/mol. The van der Waals surface area contributed by atoms with E-state index in [1.807, 2.05) is 32.0 Å². The first-order chi connectivity index (χ1) is 11.6. The third-order valence-electron chi connectivity index (χ3n) is 4.06. The smallest absolute Gasteiger partial charge is 0.182 e. The maximum Gasteiger partial charge on any atom is 0.182 e. The molecule has 0 bridgehead atoms. The Bertz CT molecular complexity index is 1040. The van der Waals surface area contributed by atoms with E-state index in [1.54, 1.807) is 6.33 Å². The third kappa shape index (κ3) is 2.45. The van der Waals surface area contributed by atoms with Crippen molar-refractivity contribution in [3.8, 4) is 0 Å². The van der Waals surface area contributed by atoms with Crippen molar-refractivity contribution in [3.05, 3.63) is 53.3 Å². The number of benzene rings is 1. The lowest BCUT2D eigenvalue weighted by atomic mass is 10.1. The predicted octanol–water partition coefficient (Wildman–Crippen LogP) is 4.04. The molecule has 4 aromatic rings. The fourth-order valence-electron chi connectivity index (χ4n) is 2.83. The van der Waals surface area contributed by atoms with Crippen LogP contribution in [0.25, 0.3) is 21.9 Å². The van der Waals surface area contributed by atoms with Gasteiger partial charge in [0, 0.05) is 5.39 Å². The molecular weight excluding hydrogens is 324 g/mol. The van der Waals surface area contributed by atoms with Crippen LogP contribution >= 0.6 is 11.6 Å². The molecule has 1 unspecified atom stereocenters. The van der Waals surface area contributed by atoms with Gasteiger partial charge in [-0.05, 0) is 30.9 Å². The first kappa shape index (κ1) is 14.8. The number of anilines is 1. The number of pyridine rings is 1. The van der Waals surface area contributed by atoms with Gasteiger partial charge in [0.25, 0.3) is 0 Å². The number of nitrogens with one attached hydrogen (secondary N) is 2. The number of H-pyrrole nitrogens is 1. The van der Waals surface area contributed by atoms with Crippen LogP contribution in [0.15, 0.2) is 36.9 Å². The highest BCUT2D eigenvalue weighted by Crippen LogP contribution is 2.29. The summed E-state index contributed by atoms with van der Waals surface area (Å²) in [7, 11) is 0. The molecule has 0 radical (unpaired) electrons. The number of nitrogens with zero attached hydrogens (tertiary/aromatic N) is 4. The molecule has 0 amide bonds. The molecule has 0 aliphatic rings. The normalized spacial score (nSPS) is 12.6. The van der Waals surface area contributed by atoms with Crippen LogP contribution in [0.1, 0.15) is 24.2 Å². The molecule has 2 N–H and O–H groups in total. The van der Waals surface area contributed by atoms with Crippen LogP contribution in [0, 0.1) is 6.92 Å². The molecular formula is C17H15ClN6. The summed E-state index contributed by atoms with van der Waals surface area (Å²) in [5, 5.41) is 5.94. The lowest BCUT2D eigenvalue weighted by Gasteiger charge is -2.16. The summed E-state index contributed by atoms with van der Waals surface area (Å²) in [4.78, 5) is 20.2. The molecule has 3 aromatic heterocycles. The van der Waals surface area contributed by atoms with Crippen molar-refractivity contribution >= 4 is 39.4 Å². The highest BCUT2D eigenvalue weighted by atomic mass is 35.5. The quantitative estimate of drug-likeness (QED) is 0.551. The van der Waals surface area contributed by atoms with E-state index >= 15 is 0 Å². The minimum Gasteiger partial charge on any atom is -0.360 e. The van der Waals surface area contributed by atoms with Crippen LogP contribution < -0.4 is 5.32 Å². The summed E-state index contributed by atoms with van der Waals surface area (Å²) in [6.07, 6.45) is 3.09. The van der Waals surface area contributed by atoms with E-state index in [2.05, 4.69) is 36.3 Å². The van der Waals surface area contributed by atoms with Crippen molar-refractivity contribution in [2.75, 3.05) is 5.32 Å². The van der Waals surface area contributed by atoms with Gasteiger partial charge in [-0.15, -0.1) is 0 Å². The maximum absolute atomic E-state index is 6.41. The number of imidazole rings is 1. The minimum absolute atomic E-state index is 0.0752. The number of hydrogen-bond donors (Lipinski definition) is 2. The molecule has 0 aliphatic heterocycles. The van der Waals surface area contributed by atoms with Crippen LogP contribution in [0.4, 0.5) is 5.82 Å². The molecule has 1 atom stereocenters. The average molecular weight is 339 g/mol. The molecule has 0 spiro atoms. The first-order valence-electron chi connectivity index (χ1n) is 7.60. The van der Waals surface area contributed by atoms with Gasteiger partial charge in [0.05, 0.1) is 18.1 Å². The molecule has 6 nitrogen and oxygen atoms in total. The highest BCUT2D eigenvalue weighted by Gasteiger charge is 2.14. The largest absolute Gasteiger partial charge is 0.360 e. The minimum atomic E-state index is -0.0752. The van der Waals surface area contributed by atoms with Gasteiger partial charge >= 0.3 is 0 Å². The number of aromatic amines is 1. The fourth-order valence-corrected chi connectivity index (χ4v) is 3.18. The van der Waals surface area contributed by atoms with Crippen molar-refractivity contribution in [1.82, 2.24) is 24.9 Å². The van der Waals surface area contributed by atoms with E-state index in [9.17, 15) is 0 Å². The Kier molecular flexibility index (Phi) is 3.54. The van der Waals surface area contributed by atoms with Crippen molar-refractivity contribution in [2.45, 2.75) is 19.9 Å². The van der Waals surface area contributed by atoms with Crippen molar-refractivity contribution in [1.29, 1.82) is 0 Å². The second-order valence-corrected chi connectivity index (χ2v) is 6.06. The Morgan fingerprint density at radius 1 is 1.21 bits per heavy atom. The SMILES string of the molecule is Cc1cccc2cc(C(C)Nc3ncnc4nc[nH]c34)nc(Cl)c12. The van der Waals surface area contributed by atoms with E-state index in [1.165, 1.54) is 6.33 Å². The summed E-state index contributed by atoms with van der Waals surface area (Å²) >= 11 is 6.41. The number of aryl methyl sites for hydroxylation is 1. The van der Waals surface area contributed by atoms with Gasteiger partial charge in [-0.3, -0.25) is 0 Å². The molecule has 3 heterocycles. The molecule has 0 aliphatic carbocycles. The zero-order valence-corrected chi connectivity index (χ0v) is 14.0. The second-order valence-electron chi connectivity index (χ2n) is 5.70.